The van der Waals surface area contributed by atoms with Crippen molar-refractivity contribution < 1.29 is 18.3 Å². The van der Waals surface area contributed by atoms with Gasteiger partial charge in [0, 0.05) is 18.3 Å². The van der Waals surface area contributed by atoms with Crippen LogP contribution >= 0.6 is 22.7 Å². The summed E-state index contributed by atoms with van der Waals surface area (Å²) in [5, 5.41) is 11.6. The molecule has 6 nitrogen and oxygen atoms in total. The molecule has 108 valence electrons. The average Bonchev–Trinajstić information content (AvgIpc) is 2.98. The number of aromatic carboxylic acids is 1. The van der Waals surface area contributed by atoms with Crippen LogP contribution in [0.5, 0.6) is 0 Å². The Morgan fingerprint density at radius 1 is 1.45 bits per heavy atom. The Morgan fingerprint density at radius 3 is 2.75 bits per heavy atom. The topological polar surface area (TPSA) is 96.4 Å². The number of nitrogens with one attached hydrogen (secondary N) is 1. The van der Waals surface area contributed by atoms with Crippen molar-refractivity contribution in [2.75, 3.05) is 6.54 Å². The van der Waals surface area contributed by atoms with E-state index in [1.807, 2.05) is 12.3 Å². The van der Waals surface area contributed by atoms with E-state index < -0.39 is 16.0 Å². The number of nitrogens with zero attached hydrogens (tertiary/aromatic N) is 1. The van der Waals surface area contributed by atoms with Gasteiger partial charge >= 0.3 is 5.97 Å². The van der Waals surface area contributed by atoms with Gasteiger partial charge in [-0.25, -0.2) is 22.9 Å². The first-order valence-electron chi connectivity index (χ1n) is 5.62. The lowest BCUT2D eigenvalue weighted by Crippen LogP contribution is -2.25. The Morgan fingerprint density at radius 2 is 2.20 bits per heavy atom. The van der Waals surface area contributed by atoms with Gasteiger partial charge in [-0.2, -0.15) is 0 Å². The maximum Gasteiger partial charge on any atom is 0.345 e. The van der Waals surface area contributed by atoms with Crippen molar-refractivity contribution in [3.05, 3.63) is 33.1 Å². The maximum absolute atomic E-state index is 12.0. The first-order valence-corrected chi connectivity index (χ1v) is 8.80. The van der Waals surface area contributed by atoms with E-state index >= 15 is 0 Å². The van der Waals surface area contributed by atoms with Crippen LogP contribution in [0.25, 0.3) is 0 Å². The number of hydrogen-bond donors (Lipinski definition) is 2. The standard InChI is InChI=1S/C11H12N2O4S3/c1-7-13-8(6-18-7)4-5-12-20(16,17)10-3-2-9(19-10)11(14)15/h2-3,6,12H,4-5H2,1H3,(H,14,15). The predicted molar refractivity (Wildman–Crippen MR) is 77.0 cm³/mol. The third-order valence-electron chi connectivity index (χ3n) is 2.40. The fourth-order valence-corrected chi connectivity index (χ4v) is 4.36. The summed E-state index contributed by atoms with van der Waals surface area (Å²) in [6.45, 7) is 2.11. The largest absolute Gasteiger partial charge is 0.477 e. The fourth-order valence-electron chi connectivity index (χ4n) is 1.49. The van der Waals surface area contributed by atoms with Crippen molar-refractivity contribution in [1.82, 2.24) is 9.71 Å². The second kappa shape index (κ2) is 6.00. The number of thiophene rings is 1. The number of aromatic nitrogens is 1. The number of hydrogen-bond acceptors (Lipinski definition) is 6. The van der Waals surface area contributed by atoms with E-state index in [-0.39, 0.29) is 15.6 Å². The van der Waals surface area contributed by atoms with Crippen LogP contribution in [0.4, 0.5) is 0 Å². The van der Waals surface area contributed by atoms with Crippen molar-refractivity contribution in [2.45, 2.75) is 17.6 Å². The first kappa shape index (κ1) is 15.1. The summed E-state index contributed by atoms with van der Waals surface area (Å²) < 4.78 is 26.3. The number of aryl methyl sites for hydroxylation is 1. The first-order chi connectivity index (χ1) is 9.38. The Bertz CT molecular complexity index is 718. The lowest BCUT2D eigenvalue weighted by Gasteiger charge is -2.03. The molecule has 0 fully saturated rings. The second-order valence-electron chi connectivity index (χ2n) is 3.93. The lowest BCUT2D eigenvalue weighted by atomic mass is 10.3. The highest BCUT2D eigenvalue weighted by atomic mass is 32.2. The van der Waals surface area contributed by atoms with Crippen molar-refractivity contribution in [1.29, 1.82) is 0 Å². The number of carboxylic acid groups (broad SMARTS) is 1. The van der Waals surface area contributed by atoms with Gasteiger partial charge in [-0.3, -0.25) is 0 Å². The molecule has 0 aliphatic heterocycles. The van der Waals surface area contributed by atoms with Crippen LogP contribution in [0, 0.1) is 6.92 Å². The summed E-state index contributed by atoms with van der Waals surface area (Å²) in [6.07, 6.45) is 0.501. The zero-order valence-corrected chi connectivity index (χ0v) is 12.9. The molecule has 20 heavy (non-hydrogen) atoms. The average molecular weight is 332 g/mol. The van der Waals surface area contributed by atoms with Gasteiger partial charge < -0.3 is 5.11 Å². The van der Waals surface area contributed by atoms with Crippen LogP contribution in [0.15, 0.2) is 21.7 Å². The molecule has 2 aromatic rings. The summed E-state index contributed by atoms with van der Waals surface area (Å²) in [6, 6.07) is 2.58. The minimum atomic E-state index is -3.66. The highest BCUT2D eigenvalue weighted by Crippen LogP contribution is 2.21. The molecule has 0 aliphatic rings. The molecule has 0 aliphatic carbocycles. The van der Waals surface area contributed by atoms with Crippen LogP contribution in [-0.2, 0) is 16.4 Å². The minimum Gasteiger partial charge on any atom is -0.477 e. The molecule has 0 saturated heterocycles. The van der Waals surface area contributed by atoms with Gasteiger partial charge in [-0.05, 0) is 19.1 Å². The highest BCUT2D eigenvalue weighted by molar-refractivity contribution is 7.91. The van der Waals surface area contributed by atoms with Crippen LogP contribution < -0.4 is 4.72 Å². The number of sulfonamides is 1. The van der Waals surface area contributed by atoms with Gasteiger partial charge in [0.15, 0.2) is 0 Å². The zero-order chi connectivity index (χ0) is 14.8. The molecule has 0 aromatic carbocycles. The minimum absolute atomic E-state index is 0.000464. The van der Waals surface area contributed by atoms with E-state index in [4.69, 9.17) is 5.11 Å². The number of rotatable bonds is 6. The third kappa shape index (κ3) is 3.63. The fraction of sp³-hybridized carbons (Fsp3) is 0.273. The third-order valence-corrected chi connectivity index (χ3v) is 6.25. The van der Waals surface area contributed by atoms with E-state index in [9.17, 15) is 13.2 Å². The molecule has 0 spiro atoms. The smallest absolute Gasteiger partial charge is 0.345 e. The van der Waals surface area contributed by atoms with Gasteiger partial charge in [-0.1, -0.05) is 0 Å². The molecule has 0 bridgehead atoms. The number of carbonyl (C=O) groups is 1. The molecule has 0 radical (unpaired) electrons. The summed E-state index contributed by atoms with van der Waals surface area (Å²) in [7, 11) is -3.66. The van der Waals surface area contributed by atoms with Crippen LogP contribution in [0.3, 0.4) is 0 Å². The molecule has 0 amide bonds. The van der Waals surface area contributed by atoms with E-state index in [0.717, 1.165) is 22.0 Å². The van der Waals surface area contributed by atoms with E-state index in [0.29, 0.717) is 6.42 Å². The number of thiazole rings is 1. The summed E-state index contributed by atoms with van der Waals surface area (Å²) in [5.74, 6) is -1.13. The van der Waals surface area contributed by atoms with Crippen molar-refractivity contribution >= 4 is 38.7 Å². The predicted octanol–water partition coefficient (Wildman–Crippen LogP) is 1.73. The van der Waals surface area contributed by atoms with Gasteiger partial charge in [0.25, 0.3) is 0 Å². The normalized spacial score (nSPS) is 11.7. The molecule has 2 heterocycles. The summed E-state index contributed by atoms with van der Waals surface area (Å²) in [4.78, 5) is 15.0. The molecule has 0 atom stereocenters. The Labute approximate surface area is 124 Å². The summed E-state index contributed by atoms with van der Waals surface area (Å²) in [5.41, 5.74) is 0.840. The maximum atomic E-state index is 12.0. The van der Waals surface area contributed by atoms with Crippen molar-refractivity contribution in [3.63, 3.8) is 0 Å². The number of carboxylic acids is 1. The molecule has 9 heteroatoms. The molecular weight excluding hydrogens is 320 g/mol. The highest BCUT2D eigenvalue weighted by Gasteiger charge is 2.18. The zero-order valence-electron chi connectivity index (χ0n) is 10.5. The molecule has 2 N–H and O–H groups in total. The summed E-state index contributed by atoms with van der Waals surface area (Å²) >= 11 is 2.25. The van der Waals surface area contributed by atoms with Crippen molar-refractivity contribution in [2.24, 2.45) is 0 Å². The molecule has 0 saturated carbocycles. The van der Waals surface area contributed by atoms with Crippen molar-refractivity contribution in [3.8, 4) is 0 Å². The quantitative estimate of drug-likeness (QED) is 0.840. The van der Waals surface area contributed by atoms with Crippen LogP contribution in [0.2, 0.25) is 0 Å². The Balaban J connectivity index is 1.98. The van der Waals surface area contributed by atoms with E-state index in [1.54, 1.807) is 0 Å². The second-order valence-corrected chi connectivity index (χ2v) is 8.07. The molecule has 2 rings (SSSR count). The van der Waals surface area contributed by atoms with E-state index in [1.165, 1.54) is 23.5 Å². The Hall–Kier alpha value is -1.29. The van der Waals surface area contributed by atoms with Crippen LogP contribution in [-0.4, -0.2) is 31.0 Å². The lowest BCUT2D eigenvalue weighted by molar-refractivity contribution is 0.0702. The Kier molecular flexibility index (Phi) is 4.53. The van der Waals surface area contributed by atoms with Gasteiger partial charge in [0.05, 0.1) is 10.7 Å². The van der Waals surface area contributed by atoms with Crippen LogP contribution in [0.1, 0.15) is 20.4 Å². The molecule has 2 aromatic heterocycles. The molecular formula is C11H12N2O4S3. The molecule has 0 unspecified atom stereocenters. The van der Waals surface area contributed by atoms with Gasteiger partial charge in [-0.15, -0.1) is 22.7 Å². The SMILES string of the molecule is Cc1nc(CCNS(=O)(=O)c2ccc(C(=O)O)s2)cs1. The van der Waals surface area contributed by atoms with E-state index in [2.05, 4.69) is 9.71 Å². The monoisotopic (exact) mass is 332 g/mol. The van der Waals surface area contributed by atoms with Gasteiger partial charge in [0.2, 0.25) is 10.0 Å². The van der Waals surface area contributed by atoms with Gasteiger partial charge in [0.1, 0.15) is 9.09 Å².